The van der Waals surface area contributed by atoms with Crippen molar-refractivity contribution >= 4 is 24.6 Å². The largest absolute Gasteiger partial charge is 0.480 e. The van der Waals surface area contributed by atoms with Crippen molar-refractivity contribution in [2.75, 3.05) is 0 Å². The molecule has 0 saturated heterocycles. The standard InChI is InChI=1S/C13H14O4S/c14-11(6-10-7-13(10,18)12(15)16)17-8-9-4-2-1-3-5-9/h1-5,10,18H,6-8H2,(H,15,16)/t10-,13+/m0/s1. The van der Waals surface area contributed by atoms with Crippen molar-refractivity contribution in [2.24, 2.45) is 5.92 Å². The molecule has 1 aliphatic rings. The minimum absolute atomic E-state index is 0.114. The zero-order valence-corrected chi connectivity index (χ0v) is 10.6. The first-order valence-electron chi connectivity index (χ1n) is 5.67. The van der Waals surface area contributed by atoms with Gasteiger partial charge in [0.15, 0.2) is 0 Å². The van der Waals surface area contributed by atoms with E-state index in [0.717, 1.165) is 5.56 Å². The highest BCUT2D eigenvalue weighted by Gasteiger charge is 2.58. The summed E-state index contributed by atoms with van der Waals surface area (Å²) < 4.78 is 4.05. The van der Waals surface area contributed by atoms with E-state index in [1.807, 2.05) is 30.3 Å². The maximum atomic E-state index is 11.5. The van der Waals surface area contributed by atoms with Crippen LogP contribution in [0, 0.1) is 5.92 Å². The van der Waals surface area contributed by atoms with Gasteiger partial charge in [-0.25, -0.2) is 0 Å². The van der Waals surface area contributed by atoms with Crippen molar-refractivity contribution in [3.8, 4) is 0 Å². The molecule has 5 heteroatoms. The van der Waals surface area contributed by atoms with Crippen LogP contribution in [0.3, 0.4) is 0 Å². The Hall–Kier alpha value is -1.49. The summed E-state index contributed by atoms with van der Waals surface area (Å²) in [5, 5.41) is 8.88. The number of hydrogen-bond donors (Lipinski definition) is 2. The van der Waals surface area contributed by atoms with Gasteiger partial charge < -0.3 is 9.84 Å². The lowest BCUT2D eigenvalue weighted by Crippen LogP contribution is -2.19. The molecule has 0 radical (unpaired) electrons. The number of hydrogen-bond acceptors (Lipinski definition) is 4. The van der Waals surface area contributed by atoms with E-state index in [2.05, 4.69) is 12.6 Å². The van der Waals surface area contributed by atoms with Crippen LogP contribution < -0.4 is 0 Å². The molecule has 0 bridgehead atoms. The molecule has 1 saturated carbocycles. The van der Waals surface area contributed by atoms with Gasteiger partial charge in [-0.15, -0.1) is 0 Å². The number of rotatable bonds is 5. The third-order valence-electron chi connectivity index (χ3n) is 3.10. The SMILES string of the molecule is O=C(C[C@H]1C[C@]1(S)C(=O)O)OCc1ccccc1. The molecule has 0 spiro atoms. The number of carboxylic acids is 1. The quantitative estimate of drug-likeness (QED) is 0.631. The number of carboxylic acid groups (broad SMARTS) is 1. The maximum Gasteiger partial charge on any atom is 0.319 e. The summed E-state index contributed by atoms with van der Waals surface area (Å²) in [4.78, 5) is 22.4. The molecule has 2 rings (SSSR count). The van der Waals surface area contributed by atoms with Crippen molar-refractivity contribution < 1.29 is 19.4 Å². The van der Waals surface area contributed by atoms with Gasteiger partial charge in [-0.1, -0.05) is 30.3 Å². The van der Waals surface area contributed by atoms with E-state index in [-0.39, 0.29) is 24.9 Å². The molecule has 1 fully saturated rings. The highest BCUT2D eigenvalue weighted by atomic mass is 32.1. The van der Waals surface area contributed by atoms with Crippen molar-refractivity contribution in [1.82, 2.24) is 0 Å². The highest BCUT2D eigenvalue weighted by molar-refractivity contribution is 7.83. The monoisotopic (exact) mass is 266 g/mol. The molecule has 1 N–H and O–H groups in total. The van der Waals surface area contributed by atoms with Gasteiger partial charge >= 0.3 is 11.9 Å². The Morgan fingerprint density at radius 3 is 2.61 bits per heavy atom. The molecule has 96 valence electrons. The van der Waals surface area contributed by atoms with Gasteiger partial charge in [-0.2, -0.15) is 12.6 Å². The zero-order valence-electron chi connectivity index (χ0n) is 9.70. The minimum Gasteiger partial charge on any atom is -0.480 e. The van der Waals surface area contributed by atoms with E-state index in [4.69, 9.17) is 9.84 Å². The number of carbonyl (C=O) groups is 2. The Labute approximate surface area is 110 Å². The van der Waals surface area contributed by atoms with E-state index in [0.29, 0.717) is 6.42 Å². The van der Waals surface area contributed by atoms with Gasteiger partial charge in [0.2, 0.25) is 0 Å². The average Bonchev–Trinajstić information content (AvgIpc) is 3.00. The first-order chi connectivity index (χ1) is 8.52. The van der Waals surface area contributed by atoms with Crippen LogP contribution in [0.4, 0.5) is 0 Å². The molecule has 0 aliphatic heterocycles. The molecule has 1 aliphatic carbocycles. The van der Waals surface area contributed by atoms with Gasteiger partial charge in [-0.3, -0.25) is 9.59 Å². The molecule has 2 atom stereocenters. The number of carbonyl (C=O) groups excluding carboxylic acids is 1. The average molecular weight is 266 g/mol. The third-order valence-corrected chi connectivity index (χ3v) is 3.84. The molecular weight excluding hydrogens is 252 g/mol. The molecule has 1 aromatic rings. The summed E-state index contributed by atoms with van der Waals surface area (Å²) >= 11 is 4.06. The van der Waals surface area contributed by atoms with Crippen LogP contribution in [0.5, 0.6) is 0 Å². The predicted octanol–water partition coefficient (Wildman–Crippen LogP) is 1.89. The van der Waals surface area contributed by atoms with E-state index in [1.165, 1.54) is 0 Å². The third kappa shape index (κ3) is 2.85. The van der Waals surface area contributed by atoms with Crippen LogP contribution in [-0.4, -0.2) is 21.8 Å². The lowest BCUT2D eigenvalue weighted by Gasteiger charge is -2.06. The Kier molecular flexibility index (Phi) is 3.61. The highest BCUT2D eigenvalue weighted by Crippen LogP contribution is 2.51. The molecule has 0 amide bonds. The van der Waals surface area contributed by atoms with E-state index < -0.39 is 10.7 Å². The molecule has 18 heavy (non-hydrogen) atoms. The van der Waals surface area contributed by atoms with Crippen LogP contribution in [0.15, 0.2) is 30.3 Å². The molecule has 1 aromatic carbocycles. The van der Waals surface area contributed by atoms with Crippen molar-refractivity contribution in [1.29, 1.82) is 0 Å². The molecule has 0 aromatic heterocycles. The second-order valence-electron chi connectivity index (χ2n) is 4.48. The van der Waals surface area contributed by atoms with E-state index >= 15 is 0 Å². The van der Waals surface area contributed by atoms with Crippen molar-refractivity contribution in [3.63, 3.8) is 0 Å². The summed E-state index contributed by atoms with van der Waals surface area (Å²) in [6.07, 6.45) is 0.536. The molecule has 4 nitrogen and oxygen atoms in total. The Bertz CT molecular complexity index is 459. The second-order valence-corrected chi connectivity index (χ2v) is 5.28. The fraction of sp³-hybridized carbons (Fsp3) is 0.385. The van der Waals surface area contributed by atoms with Gasteiger partial charge in [0, 0.05) is 0 Å². The van der Waals surface area contributed by atoms with Crippen LogP contribution in [0.1, 0.15) is 18.4 Å². The smallest absolute Gasteiger partial charge is 0.319 e. The molecule has 0 unspecified atom stereocenters. The second kappa shape index (κ2) is 5.02. The normalized spacial score (nSPS) is 25.5. The fourth-order valence-electron chi connectivity index (χ4n) is 1.82. The summed E-state index contributed by atoms with van der Waals surface area (Å²) in [5.74, 6) is -1.56. The van der Waals surface area contributed by atoms with Crippen LogP contribution in [0.2, 0.25) is 0 Å². The van der Waals surface area contributed by atoms with Gasteiger partial charge in [0.05, 0.1) is 6.42 Å². The summed E-state index contributed by atoms with van der Waals surface area (Å²) in [6.45, 7) is 0.221. The van der Waals surface area contributed by atoms with Gasteiger partial charge in [0.25, 0.3) is 0 Å². The summed E-state index contributed by atoms with van der Waals surface area (Å²) in [7, 11) is 0. The number of thiol groups is 1. The Morgan fingerprint density at radius 1 is 1.39 bits per heavy atom. The fourth-order valence-corrected chi connectivity index (χ4v) is 2.13. The number of aliphatic carboxylic acids is 1. The van der Waals surface area contributed by atoms with Gasteiger partial charge in [-0.05, 0) is 17.9 Å². The van der Waals surface area contributed by atoms with Crippen LogP contribution in [0.25, 0.3) is 0 Å². The lowest BCUT2D eigenvalue weighted by atomic mass is 10.2. The first-order valence-corrected chi connectivity index (χ1v) is 6.12. The van der Waals surface area contributed by atoms with Crippen LogP contribution in [-0.2, 0) is 20.9 Å². The Morgan fingerprint density at radius 2 is 2.06 bits per heavy atom. The summed E-state index contributed by atoms with van der Waals surface area (Å²) in [5.41, 5.74) is 0.914. The molecule has 0 heterocycles. The van der Waals surface area contributed by atoms with E-state index in [9.17, 15) is 9.59 Å². The van der Waals surface area contributed by atoms with E-state index in [1.54, 1.807) is 0 Å². The molecular formula is C13H14O4S. The van der Waals surface area contributed by atoms with Crippen molar-refractivity contribution in [2.45, 2.75) is 24.2 Å². The van der Waals surface area contributed by atoms with Gasteiger partial charge in [0.1, 0.15) is 11.4 Å². The number of ether oxygens (including phenoxy) is 1. The summed E-state index contributed by atoms with van der Waals surface area (Å²) in [6, 6.07) is 9.35. The zero-order chi connectivity index (χ0) is 13.2. The topological polar surface area (TPSA) is 63.6 Å². The van der Waals surface area contributed by atoms with Crippen LogP contribution >= 0.6 is 12.6 Å². The van der Waals surface area contributed by atoms with Crippen molar-refractivity contribution in [3.05, 3.63) is 35.9 Å². The minimum atomic E-state index is -1.04. The first kappa shape index (κ1) is 13.0. The Balaban J connectivity index is 1.76. The maximum absolute atomic E-state index is 11.5. The number of esters is 1. The number of benzene rings is 1. The lowest BCUT2D eigenvalue weighted by molar-refractivity contribution is -0.145. The predicted molar refractivity (Wildman–Crippen MR) is 68.3 cm³/mol.